The number of nitrogens with one attached hydrogen (secondary N) is 1. The fraction of sp³-hybridized carbons (Fsp3) is 0.684. The number of carboxylic acids is 1. The molecule has 0 aromatic carbocycles. The van der Waals surface area contributed by atoms with E-state index in [0.717, 1.165) is 49.0 Å². The number of carbonyl (C=O) groups is 2. The van der Waals surface area contributed by atoms with E-state index in [-0.39, 0.29) is 5.91 Å². The average Bonchev–Trinajstić information content (AvgIpc) is 2.75. The summed E-state index contributed by atoms with van der Waals surface area (Å²) < 4.78 is 0. The monoisotopic (exact) mass is 349 g/mol. The summed E-state index contributed by atoms with van der Waals surface area (Å²) in [7, 11) is 0. The topological polar surface area (TPSA) is 66.4 Å². The smallest absolute Gasteiger partial charge is 0.339 e. The quantitative estimate of drug-likeness (QED) is 0.734. The van der Waals surface area contributed by atoms with Crippen LogP contribution in [0.4, 0.5) is 5.00 Å². The Bertz CT molecular complexity index is 602. The normalized spacial score (nSPS) is 18.7. The van der Waals surface area contributed by atoms with E-state index in [0.29, 0.717) is 22.9 Å². The van der Waals surface area contributed by atoms with Crippen LogP contribution in [0.2, 0.25) is 0 Å². The molecule has 24 heavy (non-hydrogen) atoms. The van der Waals surface area contributed by atoms with Crippen LogP contribution in [0.5, 0.6) is 0 Å². The number of anilines is 1. The number of fused-ring (bicyclic) bond motifs is 1. The number of hydrogen-bond donors (Lipinski definition) is 2. The molecule has 3 rings (SSSR count). The van der Waals surface area contributed by atoms with Gasteiger partial charge in [-0.3, -0.25) is 4.79 Å². The maximum Gasteiger partial charge on any atom is 0.339 e. The highest BCUT2D eigenvalue weighted by molar-refractivity contribution is 7.17. The van der Waals surface area contributed by atoms with Gasteiger partial charge >= 0.3 is 5.97 Å². The van der Waals surface area contributed by atoms with Gasteiger partial charge in [0.25, 0.3) is 0 Å². The van der Waals surface area contributed by atoms with Crippen molar-refractivity contribution < 1.29 is 14.7 Å². The van der Waals surface area contributed by atoms with Crippen molar-refractivity contribution in [2.75, 3.05) is 5.32 Å². The summed E-state index contributed by atoms with van der Waals surface area (Å²) in [5.74, 6) is -0.264. The lowest BCUT2D eigenvalue weighted by molar-refractivity contribution is -0.116. The van der Waals surface area contributed by atoms with E-state index in [2.05, 4.69) is 5.32 Å². The molecule has 1 aromatic heterocycles. The Morgan fingerprint density at radius 3 is 2.50 bits per heavy atom. The molecule has 1 saturated carbocycles. The Hall–Kier alpha value is -1.36. The van der Waals surface area contributed by atoms with Crippen LogP contribution in [-0.4, -0.2) is 17.0 Å². The van der Waals surface area contributed by atoms with Crippen LogP contribution in [0.1, 0.15) is 85.0 Å². The van der Waals surface area contributed by atoms with E-state index < -0.39 is 5.97 Å². The van der Waals surface area contributed by atoms with Crippen LogP contribution < -0.4 is 5.32 Å². The highest BCUT2D eigenvalue weighted by atomic mass is 32.1. The summed E-state index contributed by atoms with van der Waals surface area (Å²) in [5, 5.41) is 13.1. The SMILES string of the molecule is O=C(CCC1CCCCC1)Nc1sc2c(c1C(=O)O)CCCCC2. The van der Waals surface area contributed by atoms with Crippen LogP contribution >= 0.6 is 11.3 Å². The number of hydrogen-bond acceptors (Lipinski definition) is 3. The Balaban J connectivity index is 1.65. The second kappa shape index (κ2) is 8.15. The van der Waals surface area contributed by atoms with E-state index in [4.69, 9.17) is 0 Å². The molecule has 0 saturated heterocycles. The number of aromatic carboxylic acids is 1. The molecule has 132 valence electrons. The average molecular weight is 349 g/mol. The molecule has 4 nitrogen and oxygen atoms in total. The Kier molecular flexibility index (Phi) is 5.93. The first kappa shape index (κ1) is 17.5. The van der Waals surface area contributed by atoms with Crippen molar-refractivity contribution >= 4 is 28.2 Å². The van der Waals surface area contributed by atoms with Crippen LogP contribution in [-0.2, 0) is 17.6 Å². The summed E-state index contributed by atoms with van der Waals surface area (Å²) in [4.78, 5) is 25.2. The zero-order valence-corrected chi connectivity index (χ0v) is 15.1. The Morgan fingerprint density at radius 1 is 1.04 bits per heavy atom. The van der Waals surface area contributed by atoms with Gasteiger partial charge in [-0.2, -0.15) is 0 Å². The second-order valence-corrected chi connectivity index (χ2v) is 8.27. The highest BCUT2D eigenvalue weighted by Crippen LogP contribution is 2.37. The van der Waals surface area contributed by atoms with Gasteiger partial charge in [-0.05, 0) is 43.6 Å². The minimum atomic E-state index is -0.906. The predicted molar refractivity (Wildman–Crippen MR) is 97.0 cm³/mol. The number of carboxylic acid groups (broad SMARTS) is 1. The third-order valence-electron chi connectivity index (χ3n) is 5.39. The molecular weight excluding hydrogens is 322 g/mol. The van der Waals surface area contributed by atoms with Gasteiger partial charge in [0, 0.05) is 11.3 Å². The number of amides is 1. The van der Waals surface area contributed by atoms with E-state index in [1.807, 2.05) is 0 Å². The van der Waals surface area contributed by atoms with E-state index in [9.17, 15) is 14.7 Å². The molecule has 0 unspecified atom stereocenters. The lowest BCUT2D eigenvalue weighted by Gasteiger charge is -2.20. The molecule has 2 aliphatic carbocycles. The maximum atomic E-state index is 12.3. The molecule has 2 N–H and O–H groups in total. The van der Waals surface area contributed by atoms with E-state index in [1.54, 1.807) is 0 Å². The maximum absolute atomic E-state index is 12.3. The number of aryl methyl sites for hydroxylation is 1. The van der Waals surface area contributed by atoms with Crippen molar-refractivity contribution in [3.8, 4) is 0 Å². The molecule has 0 atom stereocenters. The fourth-order valence-corrected chi connectivity index (χ4v) is 5.35. The molecule has 0 bridgehead atoms. The molecule has 1 heterocycles. The summed E-state index contributed by atoms with van der Waals surface area (Å²) >= 11 is 1.48. The molecule has 0 aliphatic heterocycles. The van der Waals surface area contributed by atoms with Gasteiger partial charge in [-0.1, -0.05) is 38.5 Å². The molecule has 2 aliphatic rings. The van der Waals surface area contributed by atoms with Crippen LogP contribution in [0.15, 0.2) is 0 Å². The van der Waals surface area contributed by atoms with Crippen LogP contribution in [0.3, 0.4) is 0 Å². The third kappa shape index (κ3) is 4.18. The largest absolute Gasteiger partial charge is 0.478 e. The minimum Gasteiger partial charge on any atom is -0.478 e. The number of rotatable bonds is 5. The zero-order valence-electron chi connectivity index (χ0n) is 14.2. The van der Waals surface area contributed by atoms with Gasteiger partial charge < -0.3 is 10.4 Å². The molecule has 5 heteroatoms. The van der Waals surface area contributed by atoms with Crippen molar-refractivity contribution in [2.45, 2.75) is 77.0 Å². The Labute approximate surface area is 147 Å². The first-order chi connectivity index (χ1) is 11.6. The van der Waals surface area contributed by atoms with Crippen molar-refractivity contribution in [3.63, 3.8) is 0 Å². The molecule has 1 amide bonds. The van der Waals surface area contributed by atoms with Gasteiger partial charge in [-0.15, -0.1) is 11.3 Å². The number of carbonyl (C=O) groups excluding carboxylic acids is 1. The van der Waals surface area contributed by atoms with Gasteiger partial charge in [0.15, 0.2) is 0 Å². The lowest BCUT2D eigenvalue weighted by atomic mass is 9.86. The van der Waals surface area contributed by atoms with E-state index >= 15 is 0 Å². The van der Waals surface area contributed by atoms with Crippen LogP contribution in [0.25, 0.3) is 0 Å². The van der Waals surface area contributed by atoms with Crippen molar-refractivity contribution in [1.82, 2.24) is 0 Å². The fourth-order valence-electron chi connectivity index (χ4n) is 4.06. The van der Waals surface area contributed by atoms with Gasteiger partial charge in [0.2, 0.25) is 5.91 Å². The molecule has 0 spiro atoms. The Morgan fingerprint density at radius 2 is 1.75 bits per heavy atom. The molecular formula is C19H27NO3S. The zero-order chi connectivity index (χ0) is 16.9. The second-order valence-electron chi connectivity index (χ2n) is 7.16. The first-order valence-electron chi connectivity index (χ1n) is 9.33. The summed E-state index contributed by atoms with van der Waals surface area (Å²) in [6.07, 6.45) is 12.9. The third-order valence-corrected chi connectivity index (χ3v) is 6.60. The standard InChI is InChI=1S/C19H27NO3S/c21-16(12-11-13-7-3-1-4-8-13)20-18-17(19(22)23)14-9-5-2-6-10-15(14)24-18/h13H,1-12H2,(H,20,21)(H,22,23). The minimum absolute atomic E-state index is 0.0283. The van der Waals surface area contributed by atoms with Crippen LogP contribution in [0, 0.1) is 5.92 Å². The van der Waals surface area contributed by atoms with Gasteiger partial charge in [0.05, 0.1) is 5.56 Å². The molecule has 0 radical (unpaired) electrons. The van der Waals surface area contributed by atoms with Gasteiger partial charge in [-0.25, -0.2) is 4.79 Å². The summed E-state index contributed by atoms with van der Waals surface area (Å²) in [6.45, 7) is 0. The molecule has 1 fully saturated rings. The molecule has 1 aromatic rings. The first-order valence-corrected chi connectivity index (χ1v) is 10.1. The highest BCUT2D eigenvalue weighted by Gasteiger charge is 2.25. The van der Waals surface area contributed by atoms with Crippen molar-refractivity contribution in [3.05, 3.63) is 16.0 Å². The number of thiophene rings is 1. The van der Waals surface area contributed by atoms with Gasteiger partial charge in [0.1, 0.15) is 5.00 Å². The van der Waals surface area contributed by atoms with Crippen molar-refractivity contribution in [1.29, 1.82) is 0 Å². The van der Waals surface area contributed by atoms with E-state index in [1.165, 1.54) is 43.4 Å². The van der Waals surface area contributed by atoms with Crippen molar-refractivity contribution in [2.24, 2.45) is 5.92 Å². The summed E-state index contributed by atoms with van der Waals surface area (Å²) in [6, 6.07) is 0. The summed E-state index contributed by atoms with van der Waals surface area (Å²) in [5.41, 5.74) is 1.32. The predicted octanol–water partition coefficient (Wildman–Crippen LogP) is 5.01. The lowest BCUT2D eigenvalue weighted by Crippen LogP contribution is -2.16.